The lowest BCUT2D eigenvalue weighted by Crippen LogP contribution is -2.42. The topological polar surface area (TPSA) is 20.3 Å². The zero-order chi connectivity index (χ0) is 15.1. The Morgan fingerprint density at radius 1 is 1.19 bits per heavy atom. The molecule has 3 heteroatoms. The van der Waals surface area contributed by atoms with Gasteiger partial charge in [0.05, 0.1) is 0 Å². The van der Waals surface area contributed by atoms with Crippen molar-refractivity contribution in [1.82, 2.24) is 4.90 Å². The molecule has 2 nitrogen and oxygen atoms in total. The molecule has 1 saturated heterocycles. The highest BCUT2D eigenvalue weighted by molar-refractivity contribution is 9.09. The molecular weight excluding hydrogens is 326 g/mol. The molecule has 0 aromatic heterocycles. The molecule has 0 bridgehead atoms. The molecule has 0 spiro atoms. The molecule has 122 valence electrons. The van der Waals surface area contributed by atoms with Crippen LogP contribution in [0.4, 0.5) is 0 Å². The average Bonchev–Trinajstić information content (AvgIpc) is 2.82. The van der Waals surface area contributed by atoms with Crippen LogP contribution < -0.4 is 0 Å². The second-order valence-electron chi connectivity index (χ2n) is 7.35. The molecule has 21 heavy (non-hydrogen) atoms. The van der Waals surface area contributed by atoms with Gasteiger partial charge in [-0.3, -0.25) is 4.79 Å². The van der Waals surface area contributed by atoms with Gasteiger partial charge in [0.1, 0.15) is 0 Å². The van der Waals surface area contributed by atoms with E-state index in [1.165, 1.54) is 57.8 Å². The molecule has 1 heterocycles. The average molecular weight is 358 g/mol. The number of likely N-dealkylation sites (tertiary alicyclic amines) is 1. The molecule has 0 aromatic rings. The van der Waals surface area contributed by atoms with Crippen LogP contribution in [0, 0.1) is 11.3 Å². The highest BCUT2D eigenvalue weighted by Crippen LogP contribution is 2.38. The molecule has 1 amide bonds. The molecule has 1 aliphatic heterocycles. The number of nitrogens with zero attached hydrogens (tertiary/aromatic N) is 1. The quantitative estimate of drug-likeness (QED) is 0.492. The molecule has 1 aliphatic carbocycles. The van der Waals surface area contributed by atoms with Crippen LogP contribution in [0.2, 0.25) is 0 Å². The van der Waals surface area contributed by atoms with Crippen molar-refractivity contribution < 1.29 is 4.79 Å². The molecule has 1 unspecified atom stereocenters. The van der Waals surface area contributed by atoms with Crippen molar-refractivity contribution in [2.75, 3.05) is 18.4 Å². The van der Waals surface area contributed by atoms with Gasteiger partial charge >= 0.3 is 0 Å². The van der Waals surface area contributed by atoms with Gasteiger partial charge in [-0.05, 0) is 37.0 Å². The number of rotatable bonds is 5. The predicted octanol–water partition coefficient (Wildman–Crippen LogP) is 5.15. The summed E-state index contributed by atoms with van der Waals surface area (Å²) in [6.07, 6.45) is 13.7. The second kappa shape index (κ2) is 8.55. The van der Waals surface area contributed by atoms with Crippen LogP contribution in [0.3, 0.4) is 0 Å². The van der Waals surface area contributed by atoms with E-state index in [4.69, 9.17) is 0 Å². The first kappa shape index (κ1) is 17.3. The fourth-order valence-electron chi connectivity index (χ4n) is 4.17. The Morgan fingerprint density at radius 2 is 1.90 bits per heavy atom. The highest BCUT2D eigenvalue weighted by atomic mass is 79.9. The molecule has 0 aromatic carbocycles. The number of carbonyl (C=O) groups is 1. The van der Waals surface area contributed by atoms with Gasteiger partial charge in [-0.2, -0.15) is 0 Å². The number of halogens is 1. The van der Waals surface area contributed by atoms with Crippen LogP contribution in [-0.4, -0.2) is 29.2 Å². The molecular formula is C18H32BrNO. The lowest BCUT2D eigenvalue weighted by atomic mass is 9.82. The summed E-state index contributed by atoms with van der Waals surface area (Å²) in [5, 5.41) is 1.06. The Bertz CT molecular complexity index is 323. The first-order chi connectivity index (χ1) is 10.2. The summed E-state index contributed by atoms with van der Waals surface area (Å²) < 4.78 is 0. The minimum absolute atomic E-state index is 0.344. The van der Waals surface area contributed by atoms with Crippen LogP contribution in [-0.2, 0) is 4.79 Å². The summed E-state index contributed by atoms with van der Waals surface area (Å²) in [5.41, 5.74) is 0.344. The van der Waals surface area contributed by atoms with E-state index in [1.807, 2.05) is 0 Å². The monoisotopic (exact) mass is 357 g/mol. The van der Waals surface area contributed by atoms with E-state index in [2.05, 4.69) is 27.8 Å². The zero-order valence-corrected chi connectivity index (χ0v) is 15.3. The maximum absolute atomic E-state index is 12.5. The van der Waals surface area contributed by atoms with Gasteiger partial charge in [0.25, 0.3) is 0 Å². The van der Waals surface area contributed by atoms with Crippen LogP contribution >= 0.6 is 15.9 Å². The van der Waals surface area contributed by atoms with Crippen LogP contribution in [0.25, 0.3) is 0 Å². The summed E-state index contributed by atoms with van der Waals surface area (Å²) in [5.74, 6) is 1.19. The van der Waals surface area contributed by atoms with Gasteiger partial charge < -0.3 is 4.90 Å². The zero-order valence-electron chi connectivity index (χ0n) is 13.7. The lowest BCUT2D eigenvalue weighted by molar-refractivity contribution is -0.132. The summed E-state index contributed by atoms with van der Waals surface area (Å²) in [7, 11) is 0. The van der Waals surface area contributed by atoms with Crippen LogP contribution in [0.1, 0.15) is 77.6 Å². The standard InChI is InChI=1S/C18H32BrNO/c1-2-7-16-8-9-17(21)20(13-10-16)15-18(14-19)11-5-3-4-6-12-18/h16H,2-15H2,1H3. The van der Waals surface area contributed by atoms with E-state index in [1.54, 1.807) is 0 Å². The normalized spacial score (nSPS) is 27.2. The predicted molar refractivity (Wildman–Crippen MR) is 92.8 cm³/mol. The van der Waals surface area contributed by atoms with Gasteiger partial charge in [-0.1, -0.05) is 61.4 Å². The van der Waals surface area contributed by atoms with Gasteiger partial charge in [0, 0.05) is 24.8 Å². The second-order valence-corrected chi connectivity index (χ2v) is 7.91. The third-order valence-corrected chi connectivity index (χ3v) is 6.79. The van der Waals surface area contributed by atoms with Crippen molar-refractivity contribution in [3.8, 4) is 0 Å². The maximum Gasteiger partial charge on any atom is 0.222 e. The molecule has 2 rings (SSSR count). The summed E-state index contributed by atoms with van der Waals surface area (Å²) in [4.78, 5) is 14.7. The van der Waals surface area contributed by atoms with Gasteiger partial charge in [0.2, 0.25) is 5.91 Å². The highest BCUT2D eigenvalue weighted by Gasteiger charge is 2.34. The van der Waals surface area contributed by atoms with E-state index in [0.29, 0.717) is 11.3 Å². The van der Waals surface area contributed by atoms with E-state index in [9.17, 15) is 4.79 Å². The van der Waals surface area contributed by atoms with Crippen molar-refractivity contribution in [2.24, 2.45) is 11.3 Å². The van der Waals surface area contributed by atoms with Gasteiger partial charge in [0.15, 0.2) is 0 Å². The van der Waals surface area contributed by atoms with Gasteiger partial charge in [-0.15, -0.1) is 0 Å². The lowest BCUT2D eigenvalue weighted by Gasteiger charge is -2.36. The Hall–Kier alpha value is -0.0500. The molecule has 1 saturated carbocycles. The molecule has 1 atom stereocenters. The fourth-order valence-corrected chi connectivity index (χ4v) is 4.91. The molecule has 0 N–H and O–H groups in total. The fraction of sp³-hybridized carbons (Fsp3) is 0.944. The number of hydrogen-bond donors (Lipinski definition) is 0. The number of hydrogen-bond acceptors (Lipinski definition) is 1. The summed E-state index contributed by atoms with van der Waals surface area (Å²) in [6, 6.07) is 0. The Labute approximate surface area is 139 Å². The van der Waals surface area contributed by atoms with E-state index in [0.717, 1.165) is 37.2 Å². The smallest absolute Gasteiger partial charge is 0.222 e. The van der Waals surface area contributed by atoms with Crippen LogP contribution in [0.5, 0.6) is 0 Å². The summed E-state index contributed by atoms with van der Waals surface area (Å²) >= 11 is 3.77. The summed E-state index contributed by atoms with van der Waals surface area (Å²) in [6.45, 7) is 4.25. The third kappa shape index (κ3) is 4.97. The minimum atomic E-state index is 0.344. The van der Waals surface area contributed by atoms with E-state index in [-0.39, 0.29) is 0 Å². The minimum Gasteiger partial charge on any atom is -0.342 e. The van der Waals surface area contributed by atoms with Crippen molar-refractivity contribution in [1.29, 1.82) is 0 Å². The van der Waals surface area contributed by atoms with E-state index >= 15 is 0 Å². The Kier molecular flexibility index (Phi) is 7.04. The van der Waals surface area contributed by atoms with Crippen molar-refractivity contribution >= 4 is 21.8 Å². The molecule has 2 fully saturated rings. The number of alkyl halides is 1. The molecule has 0 radical (unpaired) electrons. The Balaban J connectivity index is 1.97. The van der Waals surface area contributed by atoms with Crippen LogP contribution in [0.15, 0.2) is 0 Å². The Morgan fingerprint density at radius 3 is 2.52 bits per heavy atom. The maximum atomic E-state index is 12.5. The van der Waals surface area contributed by atoms with Gasteiger partial charge in [-0.25, -0.2) is 0 Å². The third-order valence-electron chi connectivity index (χ3n) is 5.60. The number of amides is 1. The number of carbonyl (C=O) groups excluding carboxylic acids is 1. The van der Waals surface area contributed by atoms with E-state index < -0.39 is 0 Å². The SMILES string of the molecule is CCCC1CCC(=O)N(CC2(CBr)CCCCCC2)CC1. The van der Waals surface area contributed by atoms with Crippen molar-refractivity contribution in [3.05, 3.63) is 0 Å². The molecule has 2 aliphatic rings. The van der Waals surface area contributed by atoms with Crippen molar-refractivity contribution in [3.63, 3.8) is 0 Å². The largest absolute Gasteiger partial charge is 0.342 e. The van der Waals surface area contributed by atoms with Crippen molar-refractivity contribution in [2.45, 2.75) is 77.6 Å². The first-order valence-electron chi connectivity index (χ1n) is 9.03. The first-order valence-corrected chi connectivity index (χ1v) is 10.1.